The minimum absolute atomic E-state index is 0.338. The summed E-state index contributed by atoms with van der Waals surface area (Å²) in [5.41, 5.74) is 3.15. The Morgan fingerprint density at radius 1 is 0.950 bits per heavy atom. The van der Waals surface area contributed by atoms with E-state index in [-0.39, 0.29) is 5.41 Å². The van der Waals surface area contributed by atoms with Gasteiger partial charge in [-0.15, -0.1) is 23.2 Å². The second kappa shape index (κ2) is 6.85. The summed E-state index contributed by atoms with van der Waals surface area (Å²) in [5, 5.41) is 0.724. The minimum atomic E-state index is -0.338. The Labute approximate surface area is 135 Å². The highest BCUT2D eigenvalue weighted by Gasteiger charge is 2.32. The third-order valence-corrected chi connectivity index (χ3v) is 4.93. The molecule has 0 aliphatic rings. The molecule has 0 saturated carbocycles. The van der Waals surface area contributed by atoms with Crippen LogP contribution < -0.4 is 0 Å². The number of halogens is 3. The lowest BCUT2D eigenvalue weighted by atomic mass is 9.78. The molecule has 0 bridgehead atoms. The first kappa shape index (κ1) is 15.7. The number of hydrogen-bond acceptors (Lipinski definition) is 0. The van der Waals surface area contributed by atoms with Gasteiger partial charge in [0, 0.05) is 22.2 Å². The molecule has 20 heavy (non-hydrogen) atoms. The van der Waals surface area contributed by atoms with Crippen LogP contribution in [0.25, 0.3) is 0 Å². The maximum atomic E-state index is 6.35. The lowest BCUT2D eigenvalue weighted by Gasteiger charge is -2.31. The van der Waals surface area contributed by atoms with Gasteiger partial charge in [-0.05, 0) is 30.5 Å². The zero-order chi connectivity index (χ0) is 14.6. The van der Waals surface area contributed by atoms with Gasteiger partial charge in [0.25, 0.3) is 0 Å². The molecule has 2 rings (SSSR count). The molecular weight excluding hydrogens is 311 g/mol. The summed E-state index contributed by atoms with van der Waals surface area (Å²) in [6.07, 6.45) is 0.783. The molecule has 2 aromatic rings. The first-order valence-electron chi connectivity index (χ1n) is 6.54. The Morgan fingerprint density at radius 2 is 1.65 bits per heavy atom. The second-order valence-electron chi connectivity index (χ2n) is 5.19. The largest absolute Gasteiger partial charge is 0.126 e. The van der Waals surface area contributed by atoms with Crippen LogP contribution in [0.2, 0.25) is 5.02 Å². The highest BCUT2D eigenvalue weighted by atomic mass is 35.5. The third-order valence-electron chi connectivity index (χ3n) is 3.58. The number of rotatable bonds is 5. The second-order valence-corrected chi connectivity index (χ2v) is 6.13. The van der Waals surface area contributed by atoms with E-state index < -0.39 is 0 Å². The summed E-state index contributed by atoms with van der Waals surface area (Å²) in [4.78, 5) is 0. The minimum Gasteiger partial charge on any atom is -0.126 e. The van der Waals surface area contributed by atoms with E-state index in [0.29, 0.717) is 11.8 Å². The number of benzene rings is 2. The van der Waals surface area contributed by atoms with Crippen LogP contribution in [0.4, 0.5) is 0 Å². The lowest BCUT2D eigenvalue weighted by Crippen LogP contribution is -2.33. The van der Waals surface area contributed by atoms with E-state index in [2.05, 4.69) is 31.2 Å². The van der Waals surface area contributed by atoms with Gasteiger partial charge in [0.1, 0.15) is 0 Å². The molecule has 0 fully saturated rings. The van der Waals surface area contributed by atoms with Crippen LogP contribution in [0.3, 0.4) is 0 Å². The third kappa shape index (κ3) is 3.31. The van der Waals surface area contributed by atoms with E-state index in [1.807, 2.05) is 24.3 Å². The van der Waals surface area contributed by atoms with E-state index in [0.717, 1.165) is 17.0 Å². The molecule has 3 heteroatoms. The van der Waals surface area contributed by atoms with Gasteiger partial charge in [-0.25, -0.2) is 0 Å². The number of aryl methyl sites for hydroxylation is 1. The van der Waals surface area contributed by atoms with Crippen LogP contribution in [0.1, 0.15) is 16.7 Å². The highest BCUT2D eigenvalue weighted by Crippen LogP contribution is 2.36. The molecule has 0 aliphatic carbocycles. The van der Waals surface area contributed by atoms with Gasteiger partial charge in [0.15, 0.2) is 0 Å². The molecule has 0 aliphatic heterocycles. The van der Waals surface area contributed by atoms with E-state index in [1.54, 1.807) is 0 Å². The van der Waals surface area contributed by atoms with Crippen LogP contribution in [-0.2, 0) is 11.8 Å². The van der Waals surface area contributed by atoms with E-state index >= 15 is 0 Å². The summed E-state index contributed by atoms with van der Waals surface area (Å²) in [6.45, 7) is 2.09. The van der Waals surface area contributed by atoms with Crippen molar-refractivity contribution in [2.75, 3.05) is 11.8 Å². The zero-order valence-corrected chi connectivity index (χ0v) is 13.6. The fourth-order valence-corrected chi connectivity index (χ4v) is 3.57. The summed E-state index contributed by atoms with van der Waals surface area (Å²) in [7, 11) is 0. The quantitative estimate of drug-likeness (QED) is 0.626. The Balaban J connectivity index is 2.42. The average molecular weight is 328 g/mol. The number of alkyl halides is 2. The fraction of sp³-hybridized carbons (Fsp3) is 0.294. The van der Waals surface area contributed by atoms with E-state index in [1.165, 1.54) is 11.1 Å². The van der Waals surface area contributed by atoms with Crippen molar-refractivity contribution in [2.45, 2.75) is 18.8 Å². The van der Waals surface area contributed by atoms with E-state index in [4.69, 9.17) is 34.8 Å². The van der Waals surface area contributed by atoms with Gasteiger partial charge >= 0.3 is 0 Å². The maximum absolute atomic E-state index is 6.35. The molecule has 0 atom stereocenters. The topological polar surface area (TPSA) is 0 Å². The summed E-state index contributed by atoms with van der Waals surface area (Å²) < 4.78 is 0. The van der Waals surface area contributed by atoms with Crippen molar-refractivity contribution in [2.24, 2.45) is 0 Å². The smallest absolute Gasteiger partial charge is 0.0444 e. The lowest BCUT2D eigenvalue weighted by molar-refractivity contribution is 0.536. The van der Waals surface area contributed by atoms with Crippen molar-refractivity contribution in [3.63, 3.8) is 0 Å². The SMILES string of the molecule is Cc1cccc(CC(CCl)(CCl)c2ccccc2Cl)c1. The molecule has 2 aromatic carbocycles. The normalized spacial score (nSPS) is 11.6. The molecule has 0 spiro atoms. The van der Waals surface area contributed by atoms with Gasteiger partial charge in [0.05, 0.1) is 0 Å². The van der Waals surface area contributed by atoms with Crippen molar-refractivity contribution in [1.29, 1.82) is 0 Å². The van der Waals surface area contributed by atoms with Crippen molar-refractivity contribution in [3.05, 3.63) is 70.2 Å². The van der Waals surface area contributed by atoms with E-state index in [9.17, 15) is 0 Å². The predicted molar refractivity (Wildman–Crippen MR) is 89.5 cm³/mol. The first-order valence-corrected chi connectivity index (χ1v) is 7.98. The van der Waals surface area contributed by atoms with Gasteiger partial charge in [0.2, 0.25) is 0 Å². The summed E-state index contributed by atoms with van der Waals surface area (Å²) >= 11 is 18.9. The Morgan fingerprint density at radius 3 is 2.25 bits per heavy atom. The van der Waals surface area contributed by atoms with Crippen molar-refractivity contribution < 1.29 is 0 Å². The average Bonchev–Trinajstić information content (AvgIpc) is 2.46. The molecule has 0 nitrogen and oxygen atoms in total. The predicted octanol–water partition coefficient (Wildman–Crippen LogP) is 5.61. The molecule has 0 radical (unpaired) electrons. The van der Waals surface area contributed by atoms with Gasteiger partial charge in [-0.3, -0.25) is 0 Å². The maximum Gasteiger partial charge on any atom is 0.0444 e. The van der Waals surface area contributed by atoms with Crippen LogP contribution in [0.5, 0.6) is 0 Å². The van der Waals surface area contributed by atoms with Crippen LogP contribution in [0, 0.1) is 6.92 Å². The Kier molecular flexibility index (Phi) is 5.37. The Hall–Kier alpha value is -0.690. The zero-order valence-electron chi connectivity index (χ0n) is 11.4. The van der Waals surface area contributed by atoms with Crippen LogP contribution >= 0.6 is 34.8 Å². The molecule has 0 saturated heterocycles. The van der Waals surface area contributed by atoms with Crippen LogP contribution in [-0.4, -0.2) is 11.8 Å². The van der Waals surface area contributed by atoms with Gasteiger partial charge < -0.3 is 0 Å². The van der Waals surface area contributed by atoms with Gasteiger partial charge in [-0.2, -0.15) is 0 Å². The monoisotopic (exact) mass is 326 g/mol. The molecule has 106 valence electrons. The molecule has 0 heterocycles. The molecule has 0 aromatic heterocycles. The van der Waals surface area contributed by atoms with Crippen LogP contribution in [0.15, 0.2) is 48.5 Å². The molecule has 0 N–H and O–H groups in total. The summed E-state index contributed by atoms with van der Waals surface area (Å²) in [5.74, 6) is 0.877. The first-order chi connectivity index (χ1) is 9.61. The fourth-order valence-electron chi connectivity index (χ4n) is 2.47. The highest BCUT2D eigenvalue weighted by molar-refractivity contribution is 6.32. The Bertz CT molecular complexity index is 574. The summed E-state index contributed by atoms with van der Waals surface area (Å²) in [6, 6.07) is 16.2. The molecule has 0 amide bonds. The van der Waals surface area contributed by atoms with Crippen molar-refractivity contribution in [1.82, 2.24) is 0 Å². The molecular formula is C17H17Cl3. The van der Waals surface area contributed by atoms with Crippen molar-refractivity contribution in [3.8, 4) is 0 Å². The molecule has 0 unspecified atom stereocenters. The van der Waals surface area contributed by atoms with Crippen molar-refractivity contribution >= 4 is 34.8 Å². The van der Waals surface area contributed by atoms with Gasteiger partial charge in [-0.1, -0.05) is 59.6 Å². The number of hydrogen-bond donors (Lipinski definition) is 0. The standard InChI is InChI=1S/C17H17Cl3/c1-13-5-4-6-14(9-13)10-17(11-18,12-19)15-7-2-3-8-16(15)20/h2-9H,10-12H2,1H3.